The number of ether oxygens (including phenoxy) is 4. The van der Waals surface area contributed by atoms with Crippen molar-refractivity contribution in [1.82, 2.24) is 0 Å². The minimum Gasteiger partial charge on any atom is -0.462 e. The van der Waals surface area contributed by atoms with Gasteiger partial charge in [-0.25, -0.2) is 9.13 Å². The molecule has 528 valence electrons. The van der Waals surface area contributed by atoms with Crippen molar-refractivity contribution in [2.75, 3.05) is 39.6 Å². The Kier molecular flexibility index (Phi) is 62.1. The number of aliphatic hydroxyl groups is 1. The molecule has 0 amide bonds. The summed E-state index contributed by atoms with van der Waals surface area (Å²) in [5, 5.41) is 10.6. The Morgan fingerprint density at radius 2 is 0.517 bits per heavy atom. The van der Waals surface area contributed by atoms with Crippen molar-refractivity contribution in [2.24, 2.45) is 5.92 Å². The lowest BCUT2D eigenvalue weighted by Crippen LogP contribution is -2.30. The number of unbranched alkanes of at least 4 members (excludes halogenated alkanes) is 42. The van der Waals surface area contributed by atoms with E-state index in [1.54, 1.807) is 0 Å². The van der Waals surface area contributed by atoms with Gasteiger partial charge in [0.2, 0.25) is 0 Å². The fourth-order valence-electron chi connectivity index (χ4n) is 10.6. The van der Waals surface area contributed by atoms with Crippen molar-refractivity contribution in [3.8, 4) is 0 Å². The minimum absolute atomic E-state index is 0.106. The number of hydrogen-bond donors (Lipinski definition) is 3. The Morgan fingerprint density at radius 3 is 0.764 bits per heavy atom. The molecule has 0 aliphatic rings. The van der Waals surface area contributed by atoms with E-state index in [2.05, 4.69) is 34.6 Å². The largest absolute Gasteiger partial charge is 0.472 e. The standard InChI is InChI=1S/C70H136O17P2/c1-6-9-12-15-18-20-21-22-24-28-31-35-39-44-49-54-68(73)81-60-66(87-70(75)56-51-46-41-36-32-29-26-23-25-27-30-34-38-42-47-52-63(4)5)62-85-89(78,79)83-58-64(71)57-82-88(76,77)84-61-65(59-80-67(72)53-48-43-37-17-14-11-8-3)86-69(74)55-50-45-40-33-19-16-13-10-7-2/h63-66,71H,6-62H2,1-5H3,(H,76,77)(H,78,79)/t64-,65+,66+/m0/s1. The molecule has 3 N–H and O–H groups in total. The van der Waals surface area contributed by atoms with Gasteiger partial charge >= 0.3 is 39.5 Å². The third-order valence-corrected chi connectivity index (χ3v) is 18.2. The fraction of sp³-hybridized carbons (Fsp3) is 0.943. The predicted octanol–water partition coefficient (Wildman–Crippen LogP) is 20.1. The number of phosphoric acid groups is 2. The third kappa shape index (κ3) is 64.6. The van der Waals surface area contributed by atoms with Crippen molar-refractivity contribution in [3.05, 3.63) is 0 Å². The van der Waals surface area contributed by atoms with Gasteiger partial charge in [0, 0.05) is 25.7 Å². The van der Waals surface area contributed by atoms with Gasteiger partial charge in [0.15, 0.2) is 12.2 Å². The molecule has 89 heavy (non-hydrogen) atoms. The second-order valence-corrected chi connectivity index (χ2v) is 28.7. The second kappa shape index (κ2) is 63.5. The molecule has 0 heterocycles. The summed E-state index contributed by atoms with van der Waals surface area (Å²) in [6.07, 6.45) is 50.1. The lowest BCUT2D eigenvalue weighted by molar-refractivity contribution is -0.161. The average molecular weight is 1310 g/mol. The number of rotatable bonds is 70. The smallest absolute Gasteiger partial charge is 0.462 e. The number of phosphoric ester groups is 2. The predicted molar refractivity (Wildman–Crippen MR) is 358 cm³/mol. The van der Waals surface area contributed by atoms with Crippen LogP contribution in [0.5, 0.6) is 0 Å². The molecule has 17 nitrogen and oxygen atoms in total. The Labute approximate surface area is 543 Å². The molecule has 0 rings (SSSR count). The van der Waals surface area contributed by atoms with Crippen molar-refractivity contribution in [2.45, 2.75) is 380 Å². The van der Waals surface area contributed by atoms with Crippen LogP contribution in [0.1, 0.15) is 362 Å². The van der Waals surface area contributed by atoms with E-state index in [0.717, 1.165) is 109 Å². The summed E-state index contributed by atoms with van der Waals surface area (Å²) in [6, 6.07) is 0. The zero-order valence-electron chi connectivity index (χ0n) is 57.6. The number of aliphatic hydroxyl groups excluding tert-OH is 1. The Hall–Kier alpha value is -1.94. The number of esters is 4. The highest BCUT2D eigenvalue weighted by atomic mass is 31.2. The van der Waals surface area contributed by atoms with Gasteiger partial charge in [-0.05, 0) is 31.6 Å². The van der Waals surface area contributed by atoms with Crippen molar-refractivity contribution in [1.29, 1.82) is 0 Å². The minimum atomic E-state index is -4.95. The molecule has 0 fully saturated rings. The summed E-state index contributed by atoms with van der Waals surface area (Å²) in [7, 11) is -9.89. The molecule has 5 atom stereocenters. The van der Waals surface area contributed by atoms with Gasteiger partial charge in [0.25, 0.3) is 0 Å². The van der Waals surface area contributed by atoms with Gasteiger partial charge < -0.3 is 33.8 Å². The van der Waals surface area contributed by atoms with E-state index in [1.807, 2.05) is 0 Å². The van der Waals surface area contributed by atoms with E-state index in [9.17, 15) is 43.2 Å². The van der Waals surface area contributed by atoms with Crippen molar-refractivity contribution in [3.63, 3.8) is 0 Å². The summed E-state index contributed by atoms with van der Waals surface area (Å²) in [6.45, 7) is 7.22. The fourth-order valence-corrected chi connectivity index (χ4v) is 12.2. The van der Waals surface area contributed by atoms with Crippen LogP contribution in [0.4, 0.5) is 0 Å². The molecule has 0 aromatic rings. The highest BCUT2D eigenvalue weighted by Gasteiger charge is 2.30. The van der Waals surface area contributed by atoms with E-state index >= 15 is 0 Å². The first kappa shape index (κ1) is 87.1. The van der Waals surface area contributed by atoms with Gasteiger partial charge in [0.1, 0.15) is 19.3 Å². The maximum Gasteiger partial charge on any atom is 0.472 e. The second-order valence-electron chi connectivity index (χ2n) is 25.7. The van der Waals surface area contributed by atoms with Crippen LogP contribution >= 0.6 is 15.6 Å². The molecule has 0 radical (unpaired) electrons. The van der Waals surface area contributed by atoms with E-state index < -0.39 is 97.5 Å². The molecule has 19 heteroatoms. The molecule has 0 aliphatic heterocycles. The maximum atomic E-state index is 13.0. The quantitative estimate of drug-likeness (QED) is 0.0222. The summed E-state index contributed by atoms with van der Waals surface area (Å²) in [5.41, 5.74) is 0. The molecule has 0 spiro atoms. The van der Waals surface area contributed by atoms with E-state index in [1.165, 1.54) is 173 Å². The number of hydrogen-bond acceptors (Lipinski definition) is 15. The number of carbonyl (C=O) groups excluding carboxylic acids is 4. The van der Waals surface area contributed by atoms with E-state index in [0.29, 0.717) is 25.7 Å². The number of carbonyl (C=O) groups is 4. The zero-order chi connectivity index (χ0) is 65.6. The van der Waals surface area contributed by atoms with Gasteiger partial charge in [-0.1, -0.05) is 311 Å². The van der Waals surface area contributed by atoms with Crippen LogP contribution in [0.25, 0.3) is 0 Å². The molecule has 0 aromatic heterocycles. The van der Waals surface area contributed by atoms with E-state index in [-0.39, 0.29) is 25.7 Å². The summed E-state index contributed by atoms with van der Waals surface area (Å²) < 4.78 is 68.1. The van der Waals surface area contributed by atoms with Crippen LogP contribution in [0, 0.1) is 5.92 Å². The van der Waals surface area contributed by atoms with Gasteiger partial charge in [0.05, 0.1) is 26.4 Å². The Morgan fingerprint density at radius 1 is 0.303 bits per heavy atom. The summed E-state index contributed by atoms with van der Waals surface area (Å²) in [5.74, 6) is -1.32. The average Bonchev–Trinajstić information content (AvgIpc) is 3.56. The third-order valence-electron chi connectivity index (χ3n) is 16.3. The van der Waals surface area contributed by atoms with Gasteiger partial charge in [-0.2, -0.15) is 0 Å². The molecule has 0 bridgehead atoms. The zero-order valence-corrected chi connectivity index (χ0v) is 59.4. The monoisotopic (exact) mass is 1310 g/mol. The van der Waals surface area contributed by atoms with Gasteiger partial charge in [-0.15, -0.1) is 0 Å². The van der Waals surface area contributed by atoms with Crippen LogP contribution in [0.15, 0.2) is 0 Å². The summed E-state index contributed by atoms with van der Waals surface area (Å²) >= 11 is 0. The van der Waals surface area contributed by atoms with Crippen LogP contribution in [-0.2, 0) is 65.4 Å². The lowest BCUT2D eigenvalue weighted by Gasteiger charge is -2.21. The first-order valence-electron chi connectivity index (χ1n) is 36.6. The molecule has 0 aliphatic carbocycles. The van der Waals surface area contributed by atoms with Crippen LogP contribution < -0.4 is 0 Å². The Bertz CT molecular complexity index is 1720. The molecule has 2 unspecified atom stereocenters. The SMILES string of the molecule is CCCCCCCCCCCCCCCCCC(=O)OC[C@H](COP(=O)(O)OC[C@@H](O)COP(=O)(O)OC[C@@H](COC(=O)CCCCCCCCC)OC(=O)CCCCCCCCCCC)OC(=O)CCCCCCCCCCCCCCCCCC(C)C. The van der Waals surface area contributed by atoms with Crippen LogP contribution in [0.2, 0.25) is 0 Å². The highest BCUT2D eigenvalue weighted by molar-refractivity contribution is 7.47. The molecule has 0 saturated carbocycles. The molecule has 0 saturated heterocycles. The van der Waals surface area contributed by atoms with Crippen molar-refractivity contribution < 1.29 is 80.2 Å². The Balaban J connectivity index is 5.17. The topological polar surface area (TPSA) is 237 Å². The normalized spacial score (nSPS) is 14.1. The molecule has 0 aromatic carbocycles. The van der Waals surface area contributed by atoms with E-state index in [4.69, 9.17) is 37.0 Å². The van der Waals surface area contributed by atoms with Crippen LogP contribution in [0.3, 0.4) is 0 Å². The first-order valence-corrected chi connectivity index (χ1v) is 39.6. The van der Waals surface area contributed by atoms with Crippen molar-refractivity contribution >= 4 is 39.5 Å². The van der Waals surface area contributed by atoms with Gasteiger partial charge in [-0.3, -0.25) is 37.3 Å². The molecular formula is C70H136O17P2. The summed E-state index contributed by atoms with van der Waals surface area (Å²) in [4.78, 5) is 72.3. The maximum absolute atomic E-state index is 13.0. The lowest BCUT2D eigenvalue weighted by atomic mass is 10.0. The molecular weight excluding hydrogens is 1170 g/mol. The van der Waals surface area contributed by atoms with Crippen LogP contribution in [-0.4, -0.2) is 96.7 Å². The highest BCUT2D eigenvalue weighted by Crippen LogP contribution is 2.45. The first-order chi connectivity index (χ1) is 43.0.